The van der Waals surface area contributed by atoms with Gasteiger partial charge in [-0.1, -0.05) is 18.2 Å². The van der Waals surface area contributed by atoms with E-state index in [1.165, 1.54) is 32.4 Å². The van der Waals surface area contributed by atoms with Crippen LogP contribution in [0.4, 0.5) is 9.18 Å². The number of esters is 1. The Morgan fingerprint density at radius 3 is 2.46 bits per heavy atom. The molecule has 2 aromatic carbocycles. The standard InChI is InChI=1S/C30H37FN4O6/c1-6-34-23(18-33-14-15-35(19(3)17-33)28(36)20-10-8-11-21(31)16-20)25(29(37)41-7-2)26(32-30(34)38)22-12-9-13-24(39-4)27(22)40-5/h8-13,16,19,26H,6-7,14-15,17-18H2,1-5H3,(H,32,38). The van der Waals surface area contributed by atoms with E-state index in [0.717, 1.165) is 0 Å². The molecule has 1 N–H and O–H groups in total. The maximum atomic E-state index is 13.7. The van der Waals surface area contributed by atoms with Crippen LogP contribution >= 0.6 is 0 Å². The van der Waals surface area contributed by atoms with Crippen LogP contribution in [0, 0.1) is 5.82 Å². The number of nitrogens with one attached hydrogen (secondary N) is 1. The van der Waals surface area contributed by atoms with Crippen LogP contribution in [0.5, 0.6) is 11.5 Å². The number of carbonyl (C=O) groups excluding carboxylic acids is 3. The van der Waals surface area contributed by atoms with Crippen LogP contribution in [-0.2, 0) is 9.53 Å². The number of amides is 3. The van der Waals surface area contributed by atoms with Gasteiger partial charge in [-0.15, -0.1) is 0 Å². The van der Waals surface area contributed by atoms with Crippen molar-refractivity contribution in [3.8, 4) is 11.5 Å². The number of ether oxygens (including phenoxy) is 3. The first-order valence-electron chi connectivity index (χ1n) is 13.7. The molecule has 0 aliphatic carbocycles. The second kappa shape index (κ2) is 13.0. The van der Waals surface area contributed by atoms with Crippen LogP contribution in [0.3, 0.4) is 0 Å². The van der Waals surface area contributed by atoms with Crippen molar-refractivity contribution in [1.82, 2.24) is 20.0 Å². The van der Waals surface area contributed by atoms with Crippen molar-refractivity contribution < 1.29 is 33.0 Å². The molecular weight excluding hydrogens is 531 g/mol. The summed E-state index contributed by atoms with van der Waals surface area (Å²) in [7, 11) is 3.03. The summed E-state index contributed by atoms with van der Waals surface area (Å²) in [5, 5.41) is 2.96. The number of piperazine rings is 1. The van der Waals surface area contributed by atoms with E-state index in [1.807, 2.05) is 13.8 Å². The van der Waals surface area contributed by atoms with E-state index in [9.17, 15) is 18.8 Å². The summed E-state index contributed by atoms with van der Waals surface area (Å²) in [6, 6.07) is 9.60. The van der Waals surface area contributed by atoms with Crippen LogP contribution in [0.1, 0.15) is 42.7 Å². The number of hydrogen-bond acceptors (Lipinski definition) is 7. The molecule has 1 saturated heterocycles. The first-order chi connectivity index (χ1) is 19.7. The maximum Gasteiger partial charge on any atom is 0.338 e. The van der Waals surface area contributed by atoms with Gasteiger partial charge in [0.25, 0.3) is 5.91 Å². The van der Waals surface area contributed by atoms with Crippen molar-refractivity contribution >= 4 is 17.9 Å². The number of halogens is 1. The van der Waals surface area contributed by atoms with Gasteiger partial charge < -0.3 is 24.4 Å². The van der Waals surface area contributed by atoms with Crippen LogP contribution < -0.4 is 14.8 Å². The lowest BCUT2D eigenvalue weighted by atomic mass is 9.93. The van der Waals surface area contributed by atoms with Gasteiger partial charge in [-0.25, -0.2) is 14.0 Å². The number of hydrogen-bond donors (Lipinski definition) is 1. The van der Waals surface area contributed by atoms with Crippen molar-refractivity contribution in [2.45, 2.75) is 32.9 Å². The molecule has 0 spiro atoms. The van der Waals surface area contributed by atoms with Crippen LogP contribution in [-0.4, -0.2) is 92.2 Å². The van der Waals surface area contributed by atoms with Crippen molar-refractivity contribution in [1.29, 1.82) is 0 Å². The van der Waals surface area contributed by atoms with Crippen molar-refractivity contribution in [3.05, 3.63) is 70.7 Å². The highest BCUT2D eigenvalue weighted by molar-refractivity contribution is 5.96. The molecule has 10 nitrogen and oxygen atoms in total. The van der Waals surface area contributed by atoms with Gasteiger partial charge in [-0.2, -0.15) is 0 Å². The third-order valence-electron chi connectivity index (χ3n) is 7.41. The number of urea groups is 1. The lowest BCUT2D eigenvalue weighted by Gasteiger charge is -2.43. The molecule has 0 bridgehead atoms. The lowest BCUT2D eigenvalue weighted by Crippen LogP contribution is -2.56. The Labute approximate surface area is 239 Å². The molecule has 2 aliphatic rings. The molecule has 2 aliphatic heterocycles. The SMILES string of the molecule is CCOC(=O)C1=C(CN2CCN(C(=O)c3cccc(F)c3)C(C)C2)N(CC)C(=O)NC1c1cccc(OC)c1OC. The largest absolute Gasteiger partial charge is 0.493 e. The molecule has 41 heavy (non-hydrogen) atoms. The van der Waals surface area contributed by atoms with Gasteiger partial charge in [0, 0.05) is 55.6 Å². The first kappa shape index (κ1) is 29.9. The van der Waals surface area contributed by atoms with Gasteiger partial charge in [0.1, 0.15) is 5.82 Å². The van der Waals surface area contributed by atoms with E-state index >= 15 is 0 Å². The predicted octanol–water partition coefficient (Wildman–Crippen LogP) is 3.59. The Balaban J connectivity index is 1.69. The number of nitrogens with zero attached hydrogens (tertiary/aromatic N) is 3. The molecule has 0 radical (unpaired) electrons. The highest BCUT2D eigenvalue weighted by Crippen LogP contribution is 2.40. The third kappa shape index (κ3) is 6.14. The summed E-state index contributed by atoms with van der Waals surface area (Å²) >= 11 is 0. The number of carbonyl (C=O) groups is 3. The van der Waals surface area contributed by atoms with E-state index in [4.69, 9.17) is 14.2 Å². The van der Waals surface area contributed by atoms with Crippen LogP contribution in [0.15, 0.2) is 53.7 Å². The van der Waals surface area contributed by atoms with E-state index in [0.29, 0.717) is 60.1 Å². The number of methoxy groups -OCH3 is 2. The molecule has 2 atom stereocenters. The Kier molecular flexibility index (Phi) is 9.49. The van der Waals surface area contributed by atoms with E-state index in [-0.39, 0.29) is 31.1 Å². The second-order valence-corrected chi connectivity index (χ2v) is 9.88. The van der Waals surface area contributed by atoms with Gasteiger partial charge in [-0.3, -0.25) is 14.6 Å². The minimum atomic E-state index is -0.835. The minimum absolute atomic E-state index is 0.162. The molecule has 3 amide bonds. The quantitative estimate of drug-likeness (QED) is 0.462. The first-order valence-corrected chi connectivity index (χ1v) is 13.7. The van der Waals surface area contributed by atoms with E-state index < -0.39 is 17.8 Å². The smallest absolute Gasteiger partial charge is 0.338 e. The van der Waals surface area contributed by atoms with Crippen LogP contribution in [0.25, 0.3) is 0 Å². The zero-order valence-corrected chi connectivity index (χ0v) is 24.1. The fourth-order valence-corrected chi connectivity index (χ4v) is 5.51. The molecule has 1 fully saturated rings. The summed E-state index contributed by atoms with van der Waals surface area (Å²) < 4.78 is 30.3. The zero-order chi connectivity index (χ0) is 29.7. The molecule has 2 heterocycles. The number of likely N-dealkylation sites (N-methyl/N-ethyl adjacent to an activating group) is 1. The fourth-order valence-electron chi connectivity index (χ4n) is 5.51. The Morgan fingerprint density at radius 2 is 1.83 bits per heavy atom. The highest BCUT2D eigenvalue weighted by Gasteiger charge is 2.40. The molecule has 2 unspecified atom stereocenters. The van der Waals surface area contributed by atoms with Gasteiger partial charge in [0.2, 0.25) is 0 Å². The lowest BCUT2D eigenvalue weighted by molar-refractivity contribution is -0.139. The highest BCUT2D eigenvalue weighted by atomic mass is 19.1. The number of para-hydroxylation sites is 1. The minimum Gasteiger partial charge on any atom is -0.493 e. The molecule has 11 heteroatoms. The summed E-state index contributed by atoms with van der Waals surface area (Å²) in [6.45, 7) is 7.68. The Morgan fingerprint density at radius 1 is 1.07 bits per heavy atom. The molecular formula is C30H37FN4O6. The van der Waals surface area contributed by atoms with Crippen molar-refractivity contribution in [2.24, 2.45) is 0 Å². The summed E-state index contributed by atoms with van der Waals surface area (Å²) in [5.41, 5.74) is 1.71. The topological polar surface area (TPSA) is 101 Å². The Bertz CT molecular complexity index is 1330. The van der Waals surface area contributed by atoms with E-state index in [2.05, 4.69) is 10.2 Å². The van der Waals surface area contributed by atoms with Gasteiger partial charge in [0.15, 0.2) is 11.5 Å². The normalized spacial score (nSPS) is 19.6. The number of benzene rings is 2. The van der Waals surface area contributed by atoms with Crippen LogP contribution in [0.2, 0.25) is 0 Å². The Hall–Kier alpha value is -4.12. The monoisotopic (exact) mass is 568 g/mol. The third-order valence-corrected chi connectivity index (χ3v) is 7.41. The predicted molar refractivity (Wildman–Crippen MR) is 150 cm³/mol. The van der Waals surface area contributed by atoms with Gasteiger partial charge >= 0.3 is 12.0 Å². The molecule has 0 saturated carbocycles. The molecule has 220 valence electrons. The molecule has 4 rings (SSSR count). The van der Waals surface area contributed by atoms with Gasteiger partial charge in [0.05, 0.1) is 32.4 Å². The second-order valence-electron chi connectivity index (χ2n) is 9.88. The van der Waals surface area contributed by atoms with Crippen molar-refractivity contribution in [3.63, 3.8) is 0 Å². The average Bonchev–Trinajstić information content (AvgIpc) is 2.96. The van der Waals surface area contributed by atoms with E-state index in [1.54, 1.807) is 41.0 Å². The fraction of sp³-hybridized carbons (Fsp3) is 0.433. The summed E-state index contributed by atoms with van der Waals surface area (Å²) in [5.74, 6) is -0.360. The average molecular weight is 569 g/mol. The number of rotatable bonds is 9. The van der Waals surface area contributed by atoms with Gasteiger partial charge in [-0.05, 0) is 45.0 Å². The maximum absolute atomic E-state index is 13.7. The zero-order valence-electron chi connectivity index (χ0n) is 24.1. The summed E-state index contributed by atoms with van der Waals surface area (Å²) in [6.07, 6.45) is 0. The summed E-state index contributed by atoms with van der Waals surface area (Å²) in [4.78, 5) is 45.4. The van der Waals surface area contributed by atoms with Crippen molar-refractivity contribution in [2.75, 3.05) is 53.6 Å². The molecule has 2 aromatic rings. The molecule has 0 aromatic heterocycles.